The van der Waals surface area contributed by atoms with Crippen molar-refractivity contribution in [2.45, 2.75) is 26.3 Å². The number of anilines is 1. The van der Waals surface area contributed by atoms with Gasteiger partial charge in [-0.1, -0.05) is 6.92 Å². The van der Waals surface area contributed by atoms with Crippen molar-refractivity contribution in [2.24, 2.45) is 0 Å². The van der Waals surface area contributed by atoms with Crippen molar-refractivity contribution >= 4 is 27.5 Å². The van der Waals surface area contributed by atoms with E-state index < -0.39 is 0 Å². The van der Waals surface area contributed by atoms with Gasteiger partial charge in [0.2, 0.25) is 5.91 Å². The summed E-state index contributed by atoms with van der Waals surface area (Å²) in [6.45, 7) is 4.57. The number of halogens is 1. The van der Waals surface area contributed by atoms with E-state index in [2.05, 4.69) is 26.6 Å². The lowest BCUT2D eigenvalue weighted by Crippen LogP contribution is -2.37. The molecule has 0 aromatic heterocycles. The third-order valence-electron chi connectivity index (χ3n) is 2.48. The molecule has 0 aliphatic rings. The van der Waals surface area contributed by atoms with Crippen LogP contribution in [0.2, 0.25) is 0 Å². The fourth-order valence-corrected chi connectivity index (χ4v) is 2.01. The van der Waals surface area contributed by atoms with Crippen LogP contribution in [0.4, 0.5) is 5.69 Å². The van der Waals surface area contributed by atoms with Crippen LogP contribution in [0.1, 0.15) is 20.3 Å². The van der Waals surface area contributed by atoms with Gasteiger partial charge in [0.25, 0.3) is 0 Å². The fourth-order valence-electron chi connectivity index (χ4n) is 1.47. The van der Waals surface area contributed by atoms with Crippen molar-refractivity contribution in [3.05, 3.63) is 22.7 Å². The van der Waals surface area contributed by atoms with Gasteiger partial charge < -0.3 is 15.4 Å². The van der Waals surface area contributed by atoms with Gasteiger partial charge in [0, 0.05) is 12.2 Å². The molecule has 1 aromatic rings. The molecule has 0 fully saturated rings. The SMILES string of the molecule is CCCNC(=O)C(C)Nc1ccc(OC)c(Br)c1. The van der Waals surface area contributed by atoms with Crippen LogP contribution in [-0.4, -0.2) is 25.6 Å². The molecule has 5 heteroatoms. The summed E-state index contributed by atoms with van der Waals surface area (Å²) >= 11 is 3.41. The van der Waals surface area contributed by atoms with Gasteiger partial charge in [-0.05, 0) is 47.5 Å². The van der Waals surface area contributed by atoms with Crippen LogP contribution in [0, 0.1) is 0 Å². The summed E-state index contributed by atoms with van der Waals surface area (Å²) in [5.74, 6) is 0.771. The Morgan fingerprint density at radius 2 is 2.22 bits per heavy atom. The van der Waals surface area contributed by atoms with E-state index in [1.165, 1.54) is 0 Å². The number of nitrogens with one attached hydrogen (secondary N) is 2. The molecule has 1 atom stereocenters. The maximum Gasteiger partial charge on any atom is 0.242 e. The lowest BCUT2D eigenvalue weighted by molar-refractivity contribution is -0.121. The van der Waals surface area contributed by atoms with E-state index in [0.29, 0.717) is 6.54 Å². The van der Waals surface area contributed by atoms with Crippen molar-refractivity contribution < 1.29 is 9.53 Å². The van der Waals surface area contributed by atoms with Crippen molar-refractivity contribution in [3.8, 4) is 5.75 Å². The summed E-state index contributed by atoms with van der Waals surface area (Å²) in [6.07, 6.45) is 0.937. The van der Waals surface area contributed by atoms with Crippen LogP contribution in [0.25, 0.3) is 0 Å². The van der Waals surface area contributed by atoms with E-state index in [4.69, 9.17) is 4.74 Å². The predicted molar refractivity (Wildman–Crippen MR) is 77.1 cm³/mol. The highest BCUT2D eigenvalue weighted by molar-refractivity contribution is 9.10. The van der Waals surface area contributed by atoms with Crippen LogP contribution >= 0.6 is 15.9 Å². The summed E-state index contributed by atoms with van der Waals surface area (Å²) in [7, 11) is 1.62. The Balaban J connectivity index is 2.61. The molecule has 0 saturated heterocycles. The van der Waals surface area contributed by atoms with Crippen molar-refractivity contribution in [1.29, 1.82) is 0 Å². The van der Waals surface area contributed by atoms with E-state index in [0.717, 1.165) is 22.3 Å². The molecule has 0 aliphatic carbocycles. The molecular weight excluding hydrogens is 296 g/mol. The minimum absolute atomic E-state index is 0.00351. The summed E-state index contributed by atoms with van der Waals surface area (Å²) in [5.41, 5.74) is 0.877. The third kappa shape index (κ3) is 4.22. The molecule has 0 radical (unpaired) electrons. The number of amides is 1. The quantitative estimate of drug-likeness (QED) is 0.849. The van der Waals surface area contributed by atoms with Crippen LogP contribution in [0.15, 0.2) is 22.7 Å². The van der Waals surface area contributed by atoms with Gasteiger partial charge in [-0.15, -0.1) is 0 Å². The highest BCUT2D eigenvalue weighted by atomic mass is 79.9. The number of benzene rings is 1. The first-order valence-corrected chi connectivity index (χ1v) is 6.75. The minimum Gasteiger partial charge on any atom is -0.496 e. The zero-order valence-corrected chi connectivity index (χ0v) is 12.5. The van der Waals surface area contributed by atoms with E-state index in [1.54, 1.807) is 7.11 Å². The van der Waals surface area contributed by atoms with Gasteiger partial charge >= 0.3 is 0 Å². The van der Waals surface area contributed by atoms with Crippen molar-refractivity contribution in [2.75, 3.05) is 19.0 Å². The Morgan fingerprint density at radius 3 is 2.78 bits per heavy atom. The van der Waals surface area contributed by atoms with Gasteiger partial charge in [-0.2, -0.15) is 0 Å². The number of methoxy groups -OCH3 is 1. The molecule has 1 unspecified atom stereocenters. The van der Waals surface area contributed by atoms with Crippen LogP contribution in [-0.2, 0) is 4.79 Å². The Bertz CT molecular complexity index is 410. The third-order valence-corrected chi connectivity index (χ3v) is 3.10. The van der Waals surface area contributed by atoms with E-state index >= 15 is 0 Å². The normalized spacial score (nSPS) is 11.8. The summed E-state index contributed by atoms with van der Waals surface area (Å²) in [6, 6.07) is 5.36. The minimum atomic E-state index is -0.267. The molecular formula is C13H19BrN2O2. The Hall–Kier alpha value is -1.23. The van der Waals surface area contributed by atoms with Gasteiger partial charge in [-0.25, -0.2) is 0 Å². The number of ether oxygens (including phenoxy) is 1. The zero-order valence-electron chi connectivity index (χ0n) is 10.9. The second-order valence-electron chi connectivity index (χ2n) is 4.01. The average molecular weight is 315 g/mol. The first-order chi connectivity index (χ1) is 8.58. The molecule has 0 heterocycles. The first-order valence-electron chi connectivity index (χ1n) is 5.96. The average Bonchev–Trinajstić information content (AvgIpc) is 2.36. The molecule has 0 spiro atoms. The van der Waals surface area contributed by atoms with Gasteiger partial charge in [0.15, 0.2) is 0 Å². The maximum absolute atomic E-state index is 11.7. The lowest BCUT2D eigenvalue weighted by Gasteiger charge is -2.15. The van der Waals surface area contributed by atoms with Crippen molar-refractivity contribution in [1.82, 2.24) is 5.32 Å². The fraction of sp³-hybridized carbons (Fsp3) is 0.462. The number of hydrogen-bond donors (Lipinski definition) is 2. The Labute approximate surface area is 116 Å². The van der Waals surface area contributed by atoms with E-state index in [1.807, 2.05) is 32.0 Å². The molecule has 100 valence electrons. The van der Waals surface area contributed by atoms with Gasteiger partial charge in [-0.3, -0.25) is 4.79 Å². The molecule has 1 aromatic carbocycles. The number of carbonyl (C=O) groups excluding carboxylic acids is 1. The Kier molecular flexibility index (Phi) is 5.98. The summed E-state index contributed by atoms with van der Waals surface area (Å²) < 4.78 is 6.01. The number of carbonyl (C=O) groups is 1. The zero-order chi connectivity index (χ0) is 13.5. The number of rotatable bonds is 6. The van der Waals surface area contributed by atoms with Crippen LogP contribution in [0.3, 0.4) is 0 Å². The van der Waals surface area contributed by atoms with E-state index in [9.17, 15) is 4.79 Å². The predicted octanol–water partition coefficient (Wildman–Crippen LogP) is 2.78. The van der Waals surface area contributed by atoms with Gasteiger partial charge in [0.1, 0.15) is 11.8 Å². The number of hydrogen-bond acceptors (Lipinski definition) is 3. The monoisotopic (exact) mass is 314 g/mol. The summed E-state index contributed by atoms with van der Waals surface area (Å²) in [4.78, 5) is 11.7. The highest BCUT2D eigenvalue weighted by Gasteiger charge is 2.12. The second kappa shape index (κ2) is 7.26. The molecule has 1 rings (SSSR count). The molecule has 4 nitrogen and oxygen atoms in total. The van der Waals surface area contributed by atoms with Crippen LogP contribution < -0.4 is 15.4 Å². The molecule has 0 bridgehead atoms. The van der Waals surface area contributed by atoms with E-state index in [-0.39, 0.29) is 11.9 Å². The standard InChI is InChI=1S/C13H19BrN2O2/c1-4-7-15-13(17)9(2)16-10-5-6-12(18-3)11(14)8-10/h5-6,8-9,16H,4,7H2,1-3H3,(H,15,17). The summed E-state index contributed by atoms with van der Waals surface area (Å²) in [5, 5.41) is 6.00. The first kappa shape index (κ1) is 14.8. The smallest absolute Gasteiger partial charge is 0.242 e. The van der Waals surface area contributed by atoms with Crippen molar-refractivity contribution in [3.63, 3.8) is 0 Å². The highest BCUT2D eigenvalue weighted by Crippen LogP contribution is 2.27. The second-order valence-corrected chi connectivity index (χ2v) is 4.86. The molecule has 0 aliphatic heterocycles. The Morgan fingerprint density at radius 1 is 1.50 bits per heavy atom. The molecule has 2 N–H and O–H groups in total. The van der Waals surface area contributed by atoms with Crippen LogP contribution in [0.5, 0.6) is 5.75 Å². The lowest BCUT2D eigenvalue weighted by atomic mass is 10.2. The molecule has 0 saturated carbocycles. The van der Waals surface area contributed by atoms with Gasteiger partial charge in [0.05, 0.1) is 11.6 Å². The molecule has 18 heavy (non-hydrogen) atoms. The topological polar surface area (TPSA) is 50.4 Å². The maximum atomic E-state index is 11.7. The largest absolute Gasteiger partial charge is 0.496 e. The molecule has 1 amide bonds.